The molecule has 0 radical (unpaired) electrons. The van der Waals surface area contributed by atoms with E-state index in [1.165, 1.54) is 29.9 Å². The molecule has 0 aromatic heterocycles. The van der Waals surface area contributed by atoms with Crippen molar-refractivity contribution >= 4 is 21.6 Å². The molecule has 2 aromatic carbocycles. The molecule has 1 amide bonds. The van der Waals surface area contributed by atoms with Crippen molar-refractivity contribution in [3.05, 3.63) is 60.2 Å². The van der Waals surface area contributed by atoms with Gasteiger partial charge in [0.25, 0.3) is 15.9 Å². The third-order valence-corrected chi connectivity index (χ3v) is 7.36. The molecule has 30 heavy (non-hydrogen) atoms. The van der Waals surface area contributed by atoms with Gasteiger partial charge in [-0.2, -0.15) is 0 Å². The molecule has 6 nitrogen and oxygen atoms in total. The van der Waals surface area contributed by atoms with Crippen LogP contribution in [0.1, 0.15) is 30.6 Å². The first kappa shape index (κ1) is 22.3. The van der Waals surface area contributed by atoms with E-state index in [2.05, 4.69) is 18.7 Å². The van der Waals surface area contributed by atoms with Crippen molar-refractivity contribution in [3.8, 4) is 0 Å². The van der Waals surface area contributed by atoms with Gasteiger partial charge in [0.1, 0.15) is 0 Å². The summed E-state index contributed by atoms with van der Waals surface area (Å²) in [6, 6.07) is 15.2. The Kier molecular flexibility index (Phi) is 7.15. The van der Waals surface area contributed by atoms with E-state index in [4.69, 9.17) is 0 Å². The lowest BCUT2D eigenvalue weighted by Crippen LogP contribution is -2.49. The minimum absolute atomic E-state index is 0.0427. The largest absolute Gasteiger partial charge is 0.336 e. The van der Waals surface area contributed by atoms with Gasteiger partial charge in [-0.1, -0.05) is 32.0 Å². The second-order valence-corrected chi connectivity index (χ2v) is 10.1. The van der Waals surface area contributed by atoms with Crippen LogP contribution in [0.3, 0.4) is 0 Å². The minimum atomic E-state index is -3.68. The molecule has 0 bridgehead atoms. The number of carbonyl (C=O) groups is 1. The molecule has 1 aliphatic rings. The lowest BCUT2D eigenvalue weighted by atomic mass is 10.1. The molecule has 3 rings (SSSR count). The lowest BCUT2D eigenvalue weighted by Gasteiger charge is -2.35. The van der Waals surface area contributed by atoms with Crippen LogP contribution in [0.2, 0.25) is 0 Å². The lowest BCUT2D eigenvalue weighted by molar-refractivity contribution is 0.0631. The molecular formula is C23H31N3O3S. The zero-order valence-corrected chi connectivity index (χ0v) is 18.8. The van der Waals surface area contributed by atoms with Gasteiger partial charge in [0.05, 0.1) is 10.6 Å². The van der Waals surface area contributed by atoms with Crippen molar-refractivity contribution in [2.24, 2.45) is 5.92 Å². The van der Waals surface area contributed by atoms with Gasteiger partial charge in [0, 0.05) is 38.8 Å². The van der Waals surface area contributed by atoms with E-state index in [1.54, 1.807) is 36.4 Å². The van der Waals surface area contributed by atoms with Crippen LogP contribution in [0.25, 0.3) is 0 Å². The molecule has 0 N–H and O–H groups in total. The van der Waals surface area contributed by atoms with Crippen molar-refractivity contribution < 1.29 is 13.2 Å². The molecule has 0 atom stereocenters. The van der Waals surface area contributed by atoms with Crippen LogP contribution in [-0.4, -0.2) is 63.9 Å². The minimum Gasteiger partial charge on any atom is -0.336 e. The van der Waals surface area contributed by atoms with Gasteiger partial charge in [-0.25, -0.2) is 8.42 Å². The van der Waals surface area contributed by atoms with Gasteiger partial charge in [0.2, 0.25) is 0 Å². The Hall–Kier alpha value is -2.38. The summed E-state index contributed by atoms with van der Waals surface area (Å²) >= 11 is 0. The average Bonchev–Trinajstić information content (AvgIpc) is 2.77. The highest BCUT2D eigenvalue weighted by molar-refractivity contribution is 7.92. The summed E-state index contributed by atoms with van der Waals surface area (Å²) in [6.07, 6.45) is 1.17. The number of hydrogen-bond donors (Lipinski definition) is 0. The second-order valence-electron chi connectivity index (χ2n) is 8.15. The molecule has 0 unspecified atom stereocenters. The van der Waals surface area contributed by atoms with E-state index in [0.29, 0.717) is 30.3 Å². The van der Waals surface area contributed by atoms with Gasteiger partial charge in [-0.15, -0.1) is 0 Å². The van der Waals surface area contributed by atoms with Crippen molar-refractivity contribution in [1.82, 2.24) is 9.80 Å². The summed E-state index contributed by atoms with van der Waals surface area (Å²) < 4.78 is 27.0. The number of rotatable bonds is 7. The Morgan fingerprint density at radius 1 is 0.967 bits per heavy atom. The first-order valence-electron chi connectivity index (χ1n) is 10.4. The van der Waals surface area contributed by atoms with Crippen LogP contribution < -0.4 is 4.31 Å². The Balaban J connectivity index is 1.63. The smallest absolute Gasteiger partial charge is 0.264 e. The summed E-state index contributed by atoms with van der Waals surface area (Å²) in [5, 5.41) is 0. The number of benzene rings is 2. The van der Waals surface area contributed by atoms with E-state index in [-0.39, 0.29) is 10.8 Å². The van der Waals surface area contributed by atoms with Crippen molar-refractivity contribution in [3.63, 3.8) is 0 Å². The van der Waals surface area contributed by atoms with Crippen LogP contribution in [0.4, 0.5) is 5.69 Å². The maximum absolute atomic E-state index is 12.9. The molecule has 2 aromatic rings. The van der Waals surface area contributed by atoms with Gasteiger partial charge in [-0.05, 0) is 55.3 Å². The third kappa shape index (κ3) is 5.21. The number of carbonyl (C=O) groups excluding carboxylic acids is 1. The van der Waals surface area contributed by atoms with Crippen LogP contribution in [0.5, 0.6) is 0 Å². The summed E-state index contributed by atoms with van der Waals surface area (Å²) in [5.41, 5.74) is 1.11. The topological polar surface area (TPSA) is 60.9 Å². The second kappa shape index (κ2) is 9.62. The number of piperazine rings is 1. The first-order valence-corrected chi connectivity index (χ1v) is 11.9. The summed E-state index contributed by atoms with van der Waals surface area (Å²) in [6.45, 7) is 8.69. The van der Waals surface area contributed by atoms with Gasteiger partial charge in [0.15, 0.2) is 0 Å². The number of nitrogens with zero attached hydrogens (tertiary/aromatic N) is 3. The van der Waals surface area contributed by atoms with Crippen LogP contribution in [-0.2, 0) is 10.0 Å². The number of sulfonamides is 1. The Bertz CT molecular complexity index is 935. The van der Waals surface area contributed by atoms with Gasteiger partial charge >= 0.3 is 0 Å². The first-order chi connectivity index (χ1) is 14.3. The van der Waals surface area contributed by atoms with Crippen LogP contribution >= 0.6 is 0 Å². The summed E-state index contributed by atoms with van der Waals surface area (Å²) in [4.78, 5) is 17.3. The third-order valence-electron chi connectivity index (χ3n) is 5.56. The molecule has 0 aliphatic carbocycles. The van der Waals surface area contributed by atoms with Crippen molar-refractivity contribution in [2.75, 3.05) is 44.1 Å². The number of anilines is 1. The highest BCUT2D eigenvalue weighted by Gasteiger charge is 2.24. The van der Waals surface area contributed by atoms with Gasteiger partial charge < -0.3 is 4.90 Å². The maximum Gasteiger partial charge on any atom is 0.264 e. The highest BCUT2D eigenvalue weighted by atomic mass is 32.2. The molecule has 1 aliphatic heterocycles. The molecule has 0 spiro atoms. The molecule has 7 heteroatoms. The standard InChI is InChI=1S/C23H31N3O3S/c1-19(2)13-14-25-15-17-26(18-16-25)23(27)20-9-11-22(12-10-20)30(28,29)24(3)21-7-5-4-6-8-21/h4-12,19H,13-18H2,1-3H3. The monoisotopic (exact) mass is 429 g/mol. The molecule has 1 heterocycles. The van der Waals surface area contributed by atoms with E-state index in [0.717, 1.165) is 19.6 Å². The number of para-hydroxylation sites is 1. The molecule has 1 fully saturated rings. The van der Waals surface area contributed by atoms with Gasteiger partial charge in [-0.3, -0.25) is 14.0 Å². The normalized spacial score (nSPS) is 15.4. The van der Waals surface area contributed by atoms with E-state index >= 15 is 0 Å². The zero-order valence-electron chi connectivity index (χ0n) is 18.0. The molecule has 0 saturated carbocycles. The highest BCUT2D eigenvalue weighted by Crippen LogP contribution is 2.22. The fourth-order valence-corrected chi connectivity index (χ4v) is 4.70. The predicted octanol–water partition coefficient (Wildman–Crippen LogP) is 3.32. The van der Waals surface area contributed by atoms with Crippen LogP contribution in [0, 0.1) is 5.92 Å². The summed E-state index contributed by atoms with van der Waals surface area (Å²) in [7, 11) is -2.15. The zero-order chi connectivity index (χ0) is 21.7. The quantitative estimate of drug-likeness (QED) is 0.677. The van der Waals surface area contributed by atoms with Crippen molar-refractivity contribution in [1.29, 1.82) is 0 Å². The Morgan fingerprint density at radius 2 is 1.57 bits per heavy atom. The van der Waals surface area contributed by atoms with Crippen molar-refractivity contribution in [2.45, 2.75) is 25.2 Å². The van der Waals surface area contributed by atoms with Crippen LogP contribution in [0.15, 0.2) is 59.5 Å². The van der Waals surface area contributed by atoms with E-state index in [1.807, 2.05) is 11.0 Å². The van der Waals surface area contributed by atoms with E-state index < -0.39 is 10.0 Å². The molecule has 1 saturated heterocycles. The Labute approximate surface area is 180 Å². The SMILES string of the molecule is CC(C)CCN1CCN(C(=O)c2ccc(S(=O)(=O)N(C)c3ccccc3)cc2)CC1. The summed E-state index contributed by atoms with van der Waals surface area (Å²) in [5.74, 6) is 0.638. The van der Waals surface area contributed by atoms with E-state index in [9.17, 15) is 13.2 Å². The fourth-order valence-electron chi connectivity index (χ4n) is 3.50. The Morgan fingerprint density at radius 3 is 2.13 bits per heavy atom. The maximum atomic E-state index is 12.9. The number of hydrogen-bond acceptors (Lipinski definition) is 4. The fraction of sp³-hybridized carbons (Fsp3) is 0.435. The number of amides is 1. The predicted molar refractivity (Wildman–Crippen MR) is 120 cm³/mol. The molecular weight excluding hydrogens is 398 g/mol. The average molecular weight is 430 g/mol. The molecule has 162 valence electrons.